The molecule has 0 fully saturated rings. The Labute approximate surface area is 118 Å². The molecule has 0 heterocycles. The molecule has 0 spiro atoms. The maximum absolute atomic E-state index is 12.6. The lowest BCUT2D eigenvalue weighted by Crippen LogP contribution is -2.13. The molecule has 0 bridgehead atoms. The first-order chi connectivity index (χ1) is 9.77. The van der Waals surface area contributed by atoms with E-state index in [-0.39, 0.29) is 16.9 Å². The number of nitrogens with one attached hydrogen (secondary N) is 1. The fourth-order valence-corrected chi connectivity index (χ4v) is 1.79. The van der Waals surface area contributed by atoms with E-state index in [9.17, 15) is 18.0 Å². The molecule has 0 aliphatic rings. The normalized spacial score (nSPS) is 11.2. The van der Waals surface area contributed by atoms with Gasteiger partial charge >= 0.3 is 6.18 Å². The van der Waals surface area contributed by atoms with E-state index in [4.69, 9.17) is 11.5 Å². The van der Waals surface area contributed by atoms with Crippen LogP contribution in [0.15, 0.2) is 42.5 Å². The van der Waals surface area contributed by atoms with Crippen molar-refractivity contribution in [3.05, 3.63) is 53.6 Å². The molecule has 2 rings (SSSR count). The van der Waals surface area contributed by atoms with Crippen LogP contribution >= 0.6 is 0 Å². The quantitative estimate of drug-likeness (QED) is 0.761. The second kappa shape index (κ2) is 5.35. The topological polar surface area (TPSA) is 81.1 Å². The summed E-state index contributed by atoms with van der Waals surface area (Å²) in [6.45, 7) is 0. The predicted octanol–water partition coefficient (Wildman–Crippen LogP) is 3.13. The zero-order valence-electron chi connectivity index (χ0n) is 10.7. The molecule has 0 atom stereocenters. The summed E-state index contributed by atoms with van der Waals surface area (Å²) in [5.41, 5.74) is 10.9. The molecule has 21 heavy (non-hydrogen) atoms. The van der Waals surface area contributed by atoms with Gasteiger partial charge in [-0.3, -0.25) is 4.79 Å². The van der Waals surface area contributed by atoms with Gasteiger partial charge in [0.2, 0.25) is 0 Å². The van der Waals surface area contributed by atoms with Gasteiger partial charge in [-0.15, -0.1) is 0 Å². The van der Waals surface area contributed by atoms with Gasteiger partial charge in [0.15, 0.2) is 0 Å². The highest BCUT2D eigenvalue weighted by Gasteiger charge is 2.30. The van der Waals surface area contributed by atoms with Gasteiger partial charge in [0, 0.05) is 17.1 Å². The van der Waals surface area contributed by atoms with Crippen LogP contribution in [-0.2, 0) is 6.18 Å². The van der Waals surface area contributed by atoms with E-state index >= 15 is 0 Å². The molecule has 0 aliphatic heterocycles. The lowest BCUT2D eigenvalue weighted by molar-refractivity contribution is -0.137. The summed E-state index contributed by atoms with van der Waals surface area (Å²) in [6.07, 6.45) is -4.42. The Kier molecular flexibility index (Phi) is 3.75. The van der Waals surface area contributed by atoms with Gasteiger partial charge in [0.25, 0.3) is 5.91 Å². The molecule has 0 aliphatic carbocycles. The van der Waals surface area contributed by atoms with Gasteiger partial charge < -0.3 is 16.8 Å². The fraction of sp³-hybridized carbons (Fsp3) is 0.0714. The number of amides is 1. The highest BCUT2D eigenvalue weighted by molar-refractivity contribution is 5.99. The number of carbonyl (C=O) groups excluding carboxylic acids is 1. The van der Waals surface area contributed by atoms with Gasteiger partial charge in [-0.1, -0.05) is 6.07 Å². The highest BCUT2D eigenvalue weighted by Crippen LogP contribution is 2.31. The molecule has 1 amide bonds. The van der Waals surface area contributed by atoms with Crippen molar-refractivity contribution in [1.29, 1.82) is 0 Å². The average Bonchev–Trinajstić information content (AvgIpc) is 2.40. The second-order valence-corrected chi connectivity index (χ2v) is 4.37. The minimum Gasteiger partial charge on any atom is -0.398 e. The summed E-state index contributed by atoms with van der Waals surface area (Å²) >= 11 is 0. The van der Waals surface area contributed by atoms with E-state index in [1.807, 2.05) is 0 Å². The molecule has 0 radical (unpaired) electrons. The predicted molar refractivity (Wildman–Crippen MR) is 74.1 cm³/mol. The lowest BCUT2D eigenvalue weighted by Gasteiger charge is -2.12. The van der Waals surface area contributed by atoms with Crippen molar-refractivity contribution in [2.75, 3.05) is 11.1 Å². The van der Waals surface area contributed by atoms with Crippen LogP contribution in [0.1, 0.15) is 15.9 Å². The fourth-order valence-electron chi connectivity index (χ4n) is 1.79. The number of nitrogen functional groups attached to an aromatic ring is 1. The summed E-state index contributed by atoms with van der Waals surface area (Å²) < 4.78 is 37.9. The number of alkyl halides is 3. The average molecular weight is 295 g/mol. The Morgan fingerprint density at radius 1 is 1.05 bits per heavy atom. The minimum absolute atomic E-state index is 0.104. The third kappa shape index (κ3) is 3.44. The largest absolute Gasteiger partial charge is 0.416 e. The molecule has 0 unspecified atom stereocenters. The van der Waals surface area contributed by atoms with Crippen molar-refractivity contribution in [3.63, 3.8) is 0 Å². The molecule has 4 nitrogen and oxygen atoms in total. The molecule has 2 aromatic rings. The van der Waals surface area contributed by atoms with E-state index in [1.165, 1.54) is 24.3 Å². The number of anilines is 3. The van der Waals surface area contributed by atoms with Crippen LogP contribution in [0.5, 0.6) is 0 Å². The monoisotopic (exact) mass is 295 g/mol. The second-order valence-electron chi connectivity index (χ2n) is 4.37. The zero-order valence-corrected chi connectivity index (χ0v) is 10.7. The van der Waals surface area contributed by atoms with Crippen molar-refractivity contribution >= 4 is 23.0 Å². The van der Waals surface area contributed by atoms with Crippen LogP contribution < -0.4 is 16.8 Å². The van der Waals surface area contributed by atoms with E-state index in [2.05, 4.69) is 5.32 Å². The first kappa shape index (κ1) is 14.7. The van der Waals surface area contributed by atoms with E-state index < -0.39 is 17.6 Å². The maximum Gasteiger partial charge on any atom is 0.416 e. The molecular weight excluding hydrogens is 283 g/mol. The first-order valence-electron chi connectivity index (χ1n) is 5.91. The van der Waals surface area contributed by atoms with Crippen LogP contribution in [0.4, 0.5) is 30.2 Å². The SMILES string of the molecule is NC(=O)c1cc(Nc2cccc(C(F)(F)F)c2)ccc1N. The van der Waals surface area contributed by atoms with Crippen molar-refractivity contribution in [2.24, 2.45) is 5.73 Å². The van der Waals surface area contributed by atoms with Gasteiger partial charge in [0.05, 0.1) is 11.1 Å². The van der Waals surface area contributed by atoms with E-state index in [0.29, 0.717) is 5.69 Å². The van der Waals surface area contributed by atoms with Crippen LogP contribution in [0.25, 0.3) is 0 Å². The van der Waals surface area contributed by atoms with E-state index in [1.54, 1.807) is 6.07 Å². The highest BCUT2D eigenvalue weighted by atomic mass is 19.4. The molecule has 0 aromatic heterocycles. The smallest absolute Gasteiger partial charge is 0.398 e. The number of benzene rings is 2. The number of halogens is 3. The van der Waals surface area contributed by atoms with Crippen molar-refractivity contribution in [2.45, 2.75) is 6.18 Å². The third-order valence-electron chi connectivity index (χ3n) is 2.80. The summed E-state index contributed by atoms with van der Waals surface area (Å²) in [5, 5.41) is 2.78. The summed E-state index contributed by atoms with van der Waals surface area (Å²) in [7, 11) is 0. The standard InChI is InChI=1S/C14H12F3N3O/c15-14(16,17)8-2-1-3-9(6-8)20-10-4-5-12(18)11(7-10)13(19)21/h1-7,20H,18H2,(H2,19,21). The molecule has 0 saturated carbocycles. The number of primary amides is 1. The Morgan fingerprint density at radius 2 is 1.71 bits per heavy atom. The van der Waals surface area contributed by atoms with Crippen LogP contribution in [0, 0.1) is 0 Å². The number of nitrogens with two attached hydrogens (primary N) is 2. The van der Waals surface area contributed by atoms with Gasteiger partial charge in [-0.05, 0) is 36.4 Å². The number of carbonyl (C=O) groups is 1. The van der Waals surface area contributed by atoms with Crippen LogP contribution in [0.2, 0.25) is 0 Å². The molecule has 5 N–H and O–H groups in total. The third-order valence-corrected chi connectivity index (χ3v) is 2.80. The van der Waals surface area contributed by atoms with Crippen LogP contribution in [0.3, 0.4) is 0 Å². The Balaban J connectivity index is 2.31. The summed E-state index contributed by atoms with van der Waals surface area (Å²) in [5.74, 6) is -0.708. The summed E-state index contributed by atoms with van der Waals surface area (Å²) in [4.78, 5) is 11.2. The van der Waals surface area contributed by atoms with Gasteiger partial charge in [-0.2, -0.15) is 13.2 Å². The Hall–Kier alpha value is -2.70. The number of rotatable bonds is 3. The minimum atomic E-state index is -4.42. The van der Waals surface area contributed by atoms with Crippen molar-refractivity contribution in [3.8, 4) is 0 Å². The number of hydrogen-bond donors (Lipinski definition) is 3. The first-order valence-corrected chi connectivity index (χ1v) is 5.91. The molecule has 7 heteroatoms. The Bertz CT molecular complexity index is 683. The van der Waals surface area contributed by atoms with Crippen molar-refractivity contribution < 1.29 is 18.0 Å². The lowest BCUT2D eigenvalue weighted by atomic mass is 10.1. The molecule has 0 saturated heterocycles. The zero-order chi connectivity index (χ0) is 15.6. The Morgan fingerprint density at radius 3 is 2.33 bits per heavy atom. The number of hydrogen-bond acceptors (Lipinski definition) is 3. The van der Waals surface area contributed by atoms with Gasteiger partial charge in [-0.25, -0.2) is 0 Å². The molecule has 110 valence electrons. The van der Waals surface area contributed by atoms with Gasteiger partial charge in [0.1, 0.15) is 0 Å². The maximum atomic E-state index is 12.6. The molecule has 2 aromatic carbocycles. The van der Waals surface area contributed by atoms with Crippen molar-refractivity contribution in [1.82, 2.24) is 0 Å². The molecular formula is C14H12F3N3O. The van der Waals surface area contributed by atoms with Crippen LogP contribution in [-0.4, -0.2) is 5.91 Å². The summed E-state index contributed by atoms with van der Waals surface area (Å²) in [6, 6.07) is 9.10. The van der Waals surface area contributed by atoms with E-state index in [0.717, 1.165) is 12.1 Å².